The van der Waals surface area contributed by atoms with Crippen molar-refractivity contribution in [3.8, 4) is 5.75 Å². The summed E-state index contributed by atoms with van der Waals surface area (Å²) in [5, 5.41) is 0. The number of ether oxygens (including phenoxy) is 1. The molecule has 1 aromatic carbocycles. The lowest BCUT2D eigenvalue weighted by Crippen LogP contribution is -2.48. The third-order valence-corrected chi connectivity index (χ3v) is 7.51. The molecule has 0 radical (unpaired) electrons. The van der Waals surface area contributed by atoms with E-state index in [0.29, 0.717) is 55.8 Å². The third kappa shape index (κ3) is 4.75. The molecule has 0 N–H and O–H groups in total. The molecule has 1 amide bonds. The van der Waals surface area contributed by atoms with E-state index in [1.807, 2.05) is 6.92 Å². The molecule has 0 bridgehead atoms. The zero-order valence-corrected chi connectivity index (χ0v) is 18.3. The van der Waals surface area contributed by atoms with Gasteiger partial charge < -0.3 is 14.5 Å². The molecule has 2 aliphatic heterocycles. The summed E-state index contributed by atoms with van der Waals surface area (Å²) < 4.78 is 33.5. The molecule has 0 saturated carbocycles. The maximum absolute atomic E-state index is 13.2. The largest absolute Gasteiger partial charge is 0.495 e. The average Bonchev–Trinajstić information content (AvgIpc) is 2.73. The molecule has 29 heavy (non-hydrogen) atoms. The van der Waals surface area contributed by atoms with Crippen molar-refractivity contribution < 1.29 is 17.9 Å². The molecule has 0 aromatic heterocycles. The minimum absolute atomic E-state index is 0.00895. The lowest BCUT2D eigenvalue weighted by atomic mass is 10.0. The van der Waals surface area contributed by atoms with Crippen LogP contribution in [-0.4, -0.2) is 69.9 Å². The molecule has 1 aromatic rings. The fourth-order valence-electron chi connectivity index (χ4n) is 4.01. The number of sulfonamides is 1. The molecule has 7 nitrogen and oxygen atoms in total. The summed E-state index contributed by atoms with van der Waals surface area (Å²) in [6.07, 6.45) is 5.28. The van der Waals surface area contributed by atoms with Crippen molar-refractivity contribution in [3.63, 3.8) is 0 Å². The van der Waals surface area contributed by atoms with E-state index >= 15 is 0 Å². The number of methoxy groups -OCH3 is 1. The number of benzene rings is 1. The van der Waals surface area contributed by atoms with Crippen LogP contribution in [0.3, 0.4) is 0 Å². The highest BCUT2D eigenvalue weighted by Gasteiger charge is 2.30. The molecule has 3 rings (SSSR count). The minimum Gasteiger partial charge on any atom is -0.495 e. The number of carbonyl (C=O) groups excluding carboxylic acids is 1. The lowest BCUT2D eigenvalue weighted by molar-refractivity contribution is -0.126. The Bertz CT molecular complexity index is 861. The molecule has 8 heteroatoms. The maximum atomic E-state index is 13.2. The lowest BCUT2D eigenvalue weighted by Gasteiger charge is -2.36. The minimum atomic E-state index is -3.54. The van der Waals surface area contributed by atoms with Gasteiger partial charge >= 0.3 is 0 Å². The van der Waals surface area contributed by atoms with Gasteiger partial charge in [-0.2, -0.15) is 4.31 Å². The Labute approximate surface area is 174 Å². The molecule has 2 saturated heterocycles. The van der Waals surface area contributed by atoms with Crippen molar-refractivity contribution in [2.45, 2.75) is 31.6 Å². The van der Waals surface area contributed by atoms with Crippen LogP contribution in [0.1, 0.15) is 26.7 Å². The quantitative estimate of drug-likeness (QED) is 0.683. The van der Waals surface area contributed by atoms with Crippen molar-refractivity contribution in [3.05, 3.63) is 30.4 Å². The van der Waals surface area contributed by atoms with Gasteiger partial charge in [0.1, 0.15) is 5.75 Å². The van der Waals surface area contributed by atoms with Crippen molar-refractivity contribution in [2.75, 3.05) is 51.3 Å². The second kappa shape index (κ2) is 9.17. The van der Waals surface area contributed by atoms with E-state index in [1.165, 1.54) is 0 Å². The van der Waals surface area contributed by atoms with Crippen molar-refractivity contribution in [1.29, 1.82) is 0 Å². The highest BCUT2D eigenvalue weighted by atomic mass is 32.2. The van der Waals surface area contributed by atoms with E-state index in [1.54, 1.807) is 46.7 Å². The smallest absolute Gasteiger partial charge is 0.246 e. The van der Waals surface area contributed by atoms with E-state index in [9.17, 15) is 13.2 Å². The number of allylic oxidation sites excluding steroid dienone is 1. The SMILES string of the molecule is C/C=C/C(=O)N1CCN(c2cc(S(=O)(=O)N3CCC[C@H](C)C3)ccc2OC)CC1. The van der Waals surface area contributed by atoms with Gasteiger partial charge in [-0.25, -0.2) is 8.42 Å². The van der Waals surface area contributed by atoms with E-state index in [-0.39, 0.29) is 5.91 Å². The van der Waals surface area contributed by atoms with Gasteiger partial charge in [-0.1, -0.05) is 13.0 Å². The summed E-state index contributed by atoms with van der Waals surface area (Å²) in [5.74, 6) is 1.03. The van der Waals surface area contributed by atoms with Crippen LogP contribution in [0, 0.1) is 5.92 Å². The molecule has 2 fully saturated rings. The Morgan fingerprint density at radius 3 is 2.52 bits per heavy atom. The normalized spacial score (nSPS) is 21.6. The van der Waals surface area contributed by atoms with Crippen LogP contribution in [0.5, 0.6) is 5.75 Å². The number of nitrogens with zero attached hydrogens (tertiary/aromatic N) is 3. The Morgan fingerprint density at radius 2 is 1.90 bits per heavy atom. The summed E-state index contributed by atoms with van der Waals surface area (Å²) in [6, 6.07) is 5.08. The Morgan fingerprint density at radius 1 is 1.17 bits per heavy atom. The van der Waals surface area contributed by atoms with Crippen molar-refractivity contribution in [2.24, 2.45) is 5.92 Å². The van der Waals surface area contributed by atoms with Gasteiger partial charge in [0, 0.05) is 39.3 Å². The number of amides is 1. The Kier molecular flexibility index (Phi) is 6.85. The van der Waals surface area contributed by atoms with Crippen molar-refractivity contribution >= 4 is 21.6 Å². The first kappa shape index (κ1) is 21.6. The second-order valence-electron chi connectivity index (χ2n) is 7.76. The molecular formula is C21H31N3O4S. The first-order valence-electron chi connectivity index (χ1n) is 10.2. The molecule has 0 spiro atoms. The molecule has 160 valence electrons. The highest BCUT2D eigenvalue weighted by molar-refractivity contribution is 7.89. The zero-order valence-electron chi connectivity index (χ0n) is 17.5. The monoisotopic (exact) mass is 421 g/mol. The molecule has 0 unspecified atom stereocenters. The number of carbonyl (C=O) groups is 1. The van der Waals surface area contributed by atoms with Gasteiger partial charge in [0.2, 0.25) is 15.9 Å². The van der Waals surface area contributed by atoms with Crippen LogP contribution in [0.2, 0.25) is 0 Å². The van der Waals surface area contributed by atoms with E-state index in [0.717, 1.165) is 18.5 Å². The summed E-state index contributed by atoms with van der Waals surface area (Å²) in [6.45, 7) is 7.49. The predicted octanol–water partition coefficient (Wildman–Crippen LogP) is 2.34. The fraction of sp³-hybridized carbons (Fsp3) is 0.571. The first-order chi connectivity index (χ1) is 13.9. The molecule has 2 heterocycles. The van der Waals surface area contributed by atoms with Crippen molar-refractivity contribution in [1.82, 2.24) is 9.21 Å². The van der Waals surface area contributed by atoms with Gasteiger partial charge in [0.25, 0.3) is 0 Å². The van der Waals surface area contributed by atoms with E-state index in [2.05, 4.69) is 11.8 Å². The van der Waals surface area contributed by atoms with Crippen LogP contribution < -0.4 is 9.64 Å². The Hall–Kier alpha value is -2.06. The van der Waals surface area contributed by atoms with Gasteiger partial charge in [-0.05, 0) is 50.0 Å². The molecule has 2 aliphatic rings. The number of piperazine rings is 1. The van der Waals surface area contributed by atoms with Gasteiger partial charge in [0.05, 0.1) is 17.7 Å². The molecule has 1 atom stereocenters. The third-order valence-electron chi connectivity index (χ3n) is 5.65. The fourth-order valence-corrected chi connectivity index (χ4v) is 5.63. The average molecular weight is 422 g/mol. The predicted molar refractivity (Wildman–Crippen MR) is 114 cm³/mol. The summed E-state index contributed by atoms with van der Waals surface area (Å²) >= 11 is 0. The molecule has 0 aliphatic carbocycles. The topological polar surface area (TPSA) is 70.2 Å². The first-order valence-corrected chi connectivity index (χ1v) is 11.7. The van der Waals surface area contributed by atoms with Crippen LogP contribution >= 0.6 is 0 Å². The van der Waals surface area contributed by atoms with Crippen LogP contribution in [0.4, 0.5) is 5.69 Å². The Balaban J connectivity index is 1.82. The van der Waals surface area contributed by atoms with Crippen LogP contribution in [-0.2, 0) is 14.8 Å². The number of rotatable bonds is 5. The maximum Gasteiger partial charge on any atom is 0.246 e. The highest BCUT2D eigenvalue weighted by Crippen LogP contribution is 2.33. The van der Waals surface area contributed by atoms with Crippen LogP contribution in [0.15, 0.2) is 35.2 Å². The molecular weight excluding hydrogens is 390 g/mol. The number of anilines is 1. The standard InChI is InChI=1S/C21H31N3O4S/c1-4-6-21(25)23-13-11-22(12-14-23)19-15-18(8-9-20(19)28-3)29(26,27)24-10-5-7-17(2)16-24/h4,6,8-9,15,17H,5,7,10-14,16H2,1-3H3/b6-4+/t17-/m0/s1. The summed E-state index contributed by atoms with van der Waals surface area (Å²) in [4.78, 5) is 16.3. The summed E-state index contributed by atoms with van der Waals surface area (Å²) in [5.41, 5.74) is 0.761. The second-order valence-corrected chi connectivity index (χ2v) is 9.69. The van der Waals surface area contributed by atoms with Gasteiger partial charge in [-0.3, -0.25) is 4.79 Å². The zero-order chi connectivity index (χ0) is 21.0. The number of hydrogen-bond donors (Lipinski definition) is 0. The summed E-state index contributed by atoms with van der Waals surface area (Å²) in [7, 11) is -1.95. The number of hydrogen-bond acceptors (Lipinski definition) is 5. The van der Waals surface area contributed by atoms with E-state index in [4.69, 9.17) is 4.74 Å². The van der Waals surface area contributed by atoms with Gasteiger partial charge in [-0.15, -0.1) is 0 Å². The van der Waals surface area contributed by atoms with E-state index < -0.39 is 10.0 Å². The van der Waals surface area contributed by atoms with Crippen LogP contribution in [0.25, 0.3) is 0 Å². The van der Waals surface area contributed by atoms with Gasteiger partial charge in [0.15, 0.2) is 0 Å². The number of piperidine rings is 1.